The van der Waals surface area contributed by atoms with Crippen LogP contribution in [-0.2, 0) is 11.2 Å². The van der Waals surface area contributed by atoms with Crippen LogP contribution in [0.3, 0.4) is 0 Å². The molecule has 94 valence electrons. The van der Waals surface area contributed by atoms with E-state index in [-0.39, 0.29) is 5.78 Å². The summed E-state index contributed by atoms with van der Waals surface area (Å²) in [5.74, 6) is 0.0852. The predicted octanol–water partition coefficient (Wildman–Crippen LogP) is 3.60. The van der Waals surface area contributed by atoms with Gasteiger partial charge in [-0.3, -0.25) is 4.79 Å². The second-order valence-corrected chi connectivity index (χ2v) is 5.58. The van der Waals surface area contributed by atoms with Crippen LogP contribution in [0, 0.1) is 0 Å². The summed E-state index contributed by atoms with van der Waals surface area (Å²) in [5.41, 5.74) is 1.58. The molecule has 0 N–H and O–H groups in total. The fourth-order valence-electron chi connectivity index (χ4n) is 1.78. The number of hydrogen-bond acceptors (Lipinski definition) is 2. The molecule has 0 bridgehead atoms. The lowest BCUT2D eigenvalue weighted by Crippen LogP contribution is -2.18. The third-order valence-corrected chi connectivity index (χ3v) is 3.58. The van der Waals surface area contributed by atoms with E-state index in [0.717, 1.165) is 22.2 Å². The second-order valence-electron chi connectivity index (χ2n) is 4.26. The van der Waals surface area contributed by atoms with Crippen molar-refractivity contribution < 1.29 is 4.79 Å². The van der Waals surface area contributed by atoms with Crippen LogP contribution >= 0.6 is 27.5 Å². The van der Waals surface area contributed by atoms with Gasteiger partial charge in [0, 0.05) is 41.3 Å². The Morgan fingerprint density at radius 2 is 2.28 bits per heavy atom. The summed E-state index contributed by atoms with van der Waals surface area (Å²) in [6.07, 6.45) is 6.05. The molecule has 0 amide bonds. The first kappa shape index (κ1) is 13.4. The zero-order valence-electron chi connectivity index (χ0n) is 9.99. The lowest BCUT2D eigenvalue weighted by molar-refractivity contribution is -0.114. The summed E-state index contributed by atoms with van der Waals surface area (Å²) in [5, 5.41) is 0.617. The van der Waals surface area contributed by atoms with Crippen LogP contribution in [0.5, 0.6) is 0 Å². The molecule has 0 aliphatic carbocycles. The molecule has 0 spiro atoms. The van der Waals surface area contributed by atoms with E-state index in [1.54, 1.807) is 6.07 Å². The van der Waals surface area contributed by atoms with Gasteiger partial charge in [0.25, 0.3) is 0 Å². The first-order valence-corrected chi connectivity index (χ1v) is 6.79. The lowest BCUT2D eigenvalue weighted by Gasteiger charge is -2.17. The molecule has 0 aromatic heterocycles. The first-order chi connectivity index (χ1) is 8.56. The highest BCUT2D eigenvalue weighted by Crippen LogP contribution is 2.23. The van der Waals surface area contributed by atoms with Crippen molar-refractivity contribution in [2.75, 3.05) is 13.6 Å². The van der Waals surface area contributed by atoms with E-state index in [9.17, 15) is 4.79 Å². The molecule has 0 radical (unpaired) electrons. The van der Waals surface area contributed by atoms with E-state index >= 15 is 0 Å². The summed E-state index contributed by atoms with van der Waals surface area (Å²) in [7, 11) is 1.95. The van der Waals surface area contributed by atoms with Gasteiger partial charge in [0.1, 0.15) is 0 Å². The first-order valence-electron chi connectivity index (χ1n) is 5.62. The number of carbonyl (C=O) groups excluding carboxylic acids is 1. The van der Waals surface area contributed by atoms with Gasteiger partial charge in [0.2, 0.25) is 0 Å². The number of rotatable bonds is 3. The Morgan fingerprint density at radius 3 is 2.94 bits per heavy atom. The molecule has 0 saturated heterocycles. The third kappa shape index (κ3) is 3.24. The van der Waals surface area contributed by atoms with Crippen LogP contribution in [0.4, 0.5) is 0 Å². The Hall–Kier alpha value is -1.06. The number of nitrogens with zero attached hydrogens (tertiary/aromatic N) is 1. The highest BCUT2D eigenvalue weighted by Gasteiger charge is 2.13. The van der Waals surface area contributed by atoms with Crippen molar-refractivity contribution in [2.45, 2.75) is 6.42 Å². The van der Waals surface area contributed by atoms with E-state index < -0.39 is 0 Å². The fraction of sp³-hybridized carbons (Fsp3) is 0.214. The van der Waals surface area contributed by atoms with Crippen LogP contribution in [0.25, 0.3) is 0 Å². The molecular weight excluding hydrogens is 314 g/mol. The van der Waals surface area contributed by atoms with Crippen LogP contribution < -0.4 is 0 Å². The average Bonchev–Trinajstić information content (AvgIpc) is 2.32. The largest absolute Gasteiger partial charge is 0.376 e. The molecule has 2 rings (SSSR count). The van der Waals surface area contributed by atoms with Gasteiger partial charge in [0.05, 0.1) is 0 Å². The maximum Gasteiger partial charge on any atom is 0.168 e. The summed E-state index contributed by atoms with van der Waals surface area (Å²) < 4.78 is 0.917. The second kappa shape index (κ2) is 5.72. The number of halogens is 2. The minimum Gasteiger partial charge on any atom is -0.376 e. The zero-order chi connectivity index (χ0) is 13.1. The molecule has 0 fully saturated rings. The van der Waals surface area contributed by atoms with Crippen molar-refractivity contribution in [1.29, 1.82) is 0 Å². The van der Waals surface area contributed by atoms with E-state index in [1.165, 1.54) is 0 Å². The maximum atomic E-state index is 12.1. The minimum atomic E-state index is 0.0852. The van der Waals surface area contributed by atoms with Crippen molar-refractivity contribution >= 4 is 33.3 Å². The molecule has 4 heteroatoms. The Labute approximate surface area is 120 Å². The molecule has 0 atom stereocenters. The van der Waals surface area contributed by atoms with E-state index in [4.69, 9.17) is 11.6 Å². The number of allylic oxidation sites excluding steroid dienone is 2. The zero-order valence-corrected chi connectivity index (χ0v) is 12.3. The minimum absolute atomic E-state index is 0.0852. The van der Waals surface area contributed by atoms with Gasteiger partial charge in [-0.25, -0.2) is 0 Å². The summed E-state index contributed by atoms with van der Waals surface area (Å²) in [4.78, 5) is 14.1. The SMILES string of the molecule is CN1C=C(C(=O)Cc2ccc(Br)cc2Cl)C=CC1. The highest BCUT2D eigenvalue weighted by atomic mass is 79.9. The molecule has 0 unspecified atom stereocenters. The van der Waals surface area contributed by atoms with E-state index in [0.29, 0.717) is 11.4 Å². The number of likely N-dealkylation sites (N-methyl/N-ethyl adjacent to an activating group) is 1. The number of ketones is 1. The van der Waals surface area contributed by atoms with Gasteiger partial charge < -0.3 is 4.90 Å². The molecule has 1 aliphatic heterocycles. The normalized spacial score (nSPS) is 14.6. The van der Waals surface area contributed by atoms with Crippen LogP contribution in [0.1, 0.15) is 5.56 Å². The van der Waals surface area contributed by atoms with Crippen molar-refractivity contribution in [1.82, 2.24) is 4.90 Å². The van der Waals surface area contributed by atoms with Gasteiger partial charge in [-0.2, -0.15) is 0 Å². The fourth-order valence-corrected chi connectivity index (χ4v) is 2.52. The van der Waals surface area contributed by atoms with Gasteiger partial charge in [-0.1, -0.05) is 45.7 Å². The standard InChI is InChI=1S/C14H13BrClNO/c1-17-6-2-3-11(9-17)14(18)7-10-4-5-12(15)8-13(10)16/h2-5,8-9H,6-7H2,1H3. The van der Waals surface area contributed by atoms with E-state index in [1.807, 2.05) is 42.4 Å². The molecule has 1 aliphatic rings. The average molecular weight is 327 g/mol. The molecule has 1 aromatic carbocycles. The smallest absolute Gasteiger partial charge is 0.168 e. The molecule has 1 heterocycles. The molecule has 2 nitrogen and oxygen atoms in total. The summed E-state index contributed by atoms with van der Waals surface area (Å²) in [6.45, 7) is 0.843. The molecule has 1 aromatic rings. The highest BCUT2D eigenvalue weighted by molar-refractivity contribution is 9.10. The van der Waals surface area contributed by atoms with Crippen molar-refractivity contribution in [3.05, 3.63) is 57.2 Å². The van der Waals surface area contributed by atoms with Crippen LogP contribution in [0.15, 0.2) is 46.6 Å². The van der Waals surface area contributed by atoms with Crippen LogP contribution in [-0.4, -0.2) is 24.3 Å². The van der Waals surface area contributed by atoms with Crippen molar-refractivity contribution in [2.24, 2.45) is 0 Å². The van der Waals surface area contributed by atoms with Gasteiger partial charge in [0.15, 0.2) is 5.78 Å². The van der Waals surface area contributed by atoms with Crippen LogP contribution in [0.2, 0.25) is 5.02 Å². The Kier molecular flexibility index (Phi) is 4.25. The van der Waals surface area contributed by atoms with Gasteiger partial charge in [-0.05, 0) is 17.7 Å². The Morgan fingerprint density at radius 1 is 1.50 bits per heavy atom. The number of Topliss-reactive ketones (excluding diaryl/α,β-unsaturated/α-hetero) is 1. The van der Waals surface area contributed by atoms with Crippen molar-refractivity contribution in [3.8, 4) is 0 Å². The maximum absolute atomic E-state index is 12.1. The summed E-state index contributed by atoms with van der Waals surface area (Å²) >= 11 is 9.46. The number of benzene rings is 1. The third-order valence-electron chi connectivity index (χ3n) is 2.74. The summed E-state index contributed by atoms with van der Waals surface area (Å²) in [6, 6.07) is 5.58. The van der Waals surface area contributed by atoms with E-state index in [2.05, 4.69) is 15.9 Å². The molecule has 0 saturated carbocycles. The predicted molar refractivity (Wildman–Crippen MR) is 77.7 cm³/mol. The lowest BCUT2D eigenvalue weighted by atomic mass is 10.0. The number of carbonyl (C=O) groups is 1. The van der Waals surface area contributed by atoms with Gasteiger partial charge in [-0.15, -0.1) is 0 Å². The Bertz CT molecular complexity index is 537. The van der Waals surface area contributed by atoms with Crippen molar-refractivity contribution in [3.63, 3.8) is 0 Å². The topological polar surface area (TPSA) is 20.3 Å². The molecular formula is C14H13BrClNO. The quantitative estimate of drug-likeness (QED) is 0.846. The number of hydrogen-bond donors (Lipinski definition) is 0. The monoisotopic (exact) mass is 325 g/mol. The Balaban J connectivity index is 2.14. The van der Waals surface area contributed by atoms with Gasteiger partial charge >= 0.3 is 0 Å². The molecule has 18 heavy (non-hydrogen) atoms.